The summed E-state index contributed by atoms with van der Waals surface area (Å²) >= 11 is 0. The number of fused-ring (bicyclic) bond motifs is 2. The summed E-state index contributed by atoms with van der Waals surface area (Å²) in [6.07, 6.45) is 7.14. The predicted octanol–water partition coefficient (Wildman–Crippen LogP) is 5.49. The molecule has 2 saturated carbocycles. The van der Waals surface area contributed by atoms with Gasteiger partial charge in [-0.25, -0.2) is 0 Å². The van der Waals surface area contributed by atoms with Crippen molar-refractivity contribution in [3.8, 4) is 0 Å². The molecule has 23 heavy (non-hydrogen) atoms. The zero-order valence-corrected chi connectivity index (χ0v) is 15.2. The molecule has 1 N–H and O–H groups in total. The van der Waals surface area contributed by atoms with Crippen molar-refractivity contribution >= 4 is 5.57 Å². The van der Waals surface area contributed by atoms with Crippen molar-refractivity contribution in [2.75, 3.05) is 7.05 Å². The van der Waals surface area contributed by atoms with Crippen LogP contribution in [0.5, 0.6) is 0 Å². The summed E-state index contributed by atoms with van der Waals surface area (Å²) in [6.45, 7) is 13.8. The summed E-state index contributed by atoms with van der Waals surface area (Å²) < 4.78 is 0. The molecule has 2 aliphatic carbocycles. The molecule has 0 amide bonds. The highest BCUT2D eigenvalue weighted by Crippen LogP contribution is 2.70. The third-order valence-corrected chi connectivity index (χ3v) is 6.62. The molecule has 0 radical (unpaired) electrons. The molecule has 1 aromatic carbocycles. The van der Waals surface area contributed by atoms with Crippen LogP contribution < -0.4 is 5.32 Å². The molecule has 1 aromatic rings. The highest BCUT2D eigenvalue weighted by molar-refractivity contribution is 5.76. The SMILES string of the molecule is C=C(C=C1/C(=C\NC)C2(C)CCC1C2(C)C)c1ccccc1C. The van der Waals surface area contributed by atoms with Gasteiger partial charge in [-0.2, -0.15) is 0 Å². The Morgan fingerprint density at radius 2 is 1.96 bits per heavy atom. The summed E-state index contributed by atoms with van der Waals surface area (Å²) in [5.74, 6) is 0.632. The van der Waals surface area contributed by atoms with Crippen LogP contribution in [0, 0.1) is 23.7 Å². The quantitative estimate of drug-likeness (QED) is 0.778. The van der Waals surface area contributed by atoms with Crippen molar-refractivity contribution < 1.29 is 0 Å². The van der Waals surface area contributed by atoms with E-state index in [1.807, 2.05) is 7.05 Å². The Labute approximate surface area is 141 Å². The fraction of sp³-hybridized carbons (Fsp3) is 0.455. The average Bonchev–Trinajstić information content (AvgIpc) is 2.81. The maximum absolute atomic E-state index is 4.37. The maximum Gasteiger partial charge on any atom is 0.00278 e. The standard InChI is InChI=1S/C22H29N/c1-15-9-7-8-10-17(15)16(2)13-18-19-11-12-22(5,21(19,3)4)20(18)14-23-6/h7-10,13-14,19,23H,2,11-12H2,1,3-6H3/b18-13?,20-14+. The summed E-state index contributed by atoms with van der Waals surface area (Å²) in [4.78, 5) is 0. The normalized spacial score (nSPS) is 31.8. The average molecular weight is 307 g/mol. The van der Waals surface area contributed by atoms with Crippen LogP contribution in [0.15, 0.2) is 54.3 Å². The molecule has 2 bridgehead atoms. The minimum atomic E-state index is 0.262. The van der Waals surface area contributed by atoms with Gasteiger partial charge in [-0.05, 0) is 64.4 Å². The van der Waals surface area contributed by atoms with Crippen LogP contribution >= 0.6 is 0 Å². The first-order valence-electron chi connectivity index (χ1n) is 8.67. The van der Waals surface area contributed by atoms with Crippen molar-refractivity contribution in [2.24, 2.45) is 16.7 Å². The van der Waals surface area contributed by atoms with E-state index in [1.54, 1.807) is 0 Å². The van der Waals surface area contributed by atoms with Crippen LogP contribution in [0.4, 0.5) is 0 Å². The molecule has 0 heterocycles. The minimum Gasteiger partial charge on any atom is -0.394 e. The van der Waals surface area contributed by atoms with Gasteiger partial charge in [0.2, 0.25) is 0 Å². The molecule has 1 nitrogen and oxygen atoms in total. The van der Waals surface area contributed by atoms with E-state index in [0.717, 1.165) is 5.57 Å². The van der Waals surface area contributed by atoms with Crippen molar-refractivity contribution in [3.63, 3.8) is 0 Å². The van der Waals surface area contributed by atoms with Gasteiger partial charge in [0.05, 0.1) is 0 Å². The molecular weight excluding hydrogens is 278 g/mol. The van der Waals surface area contributed by atoms with Crippen molar-refractivity contribution in [2.45, 2.75) is 40.5 Å². The molecule has 0 saturated heterocycles. The van der Waals surface area contributed by atoms with Gasteiger partial charge < -0.3 is 5.32 Å². The Kier molecular flexibility index (Phi) is 3.78. The summed E-state index contributed by atoms with van der Waals surface area (Å²) in [5.41, 5.74) is 7.23. The number of hydrogen-bond acceptors (Lipinski definition) is 1. The Morgan fingerprint density at radius 1 is 1.26 bits per heavy atom. The highest BCUT2D eigenvalue weighted by Gasteiger charge is 2.61. The molecule has 2 unspecified atom stereocenters. The van der Waals surface area contributed by atoms with Gasteiger partial charge in [-0.1, -0.05) is 57.7 Å². The third kappa shape index (κ3) is 2.21. The number of rotatable bonds is 3. The van der Waals surface area contributed by atoms with E-state index in [-0.39, 0.29) is 5.41 Å². The van der Waals surface area contributed by atoms with Crippen molar-refractivity contribution in [1.29, 1.82) is 0 Å². The Balaban J connectivity index is 2.07. The minimum absolute atomic E-state index is 0.262. The Hall–Kier alpha value is -1.76. The second kappa shape index (κ2) is 5.40. The number of aryl methyl sites for hydroxylation is 1. The molecular formula is C22H29N. The van der Waals surface area contributed by atoms with E-state index in [9.17, 15) is 0 Å². The number of benzene rings is 1. The van der Waals surface area contributed by atoms with Gasteiger partial charge in [-0.3, -0.25) is 0 Å². The second-order valence-electron chi connectivity index (χ2n) is 7.93. The molecule has 2 atom stereocenters. The van der Waals surface area contributed by atoms with Gasteiger partial charge in [0.1, 0.15) is 0 Å². The number of allylic oxidation sites excluding steroid dienone is 4. The topological polar surface area (TPSA) is 12.0 Å². The lowest BCUT2D eigenvalue weighted by atomic mass is 9.69. The predicted molar refractivity (Wildman–Crippen MR) is 100 cm³/mol. The largest absolute Gasteiger partial charge is 0.394 e. The van der Waals surface area contributed by atoms with E-state index in [2.05, 4.69) is 76.1 Å². The Bertz CT molecular complexity index is 704. The zero-order valence-electron chi connectivity index (χ0n) is 15.2. The molecule has 1 heteroatoms. The van der Waals surface area contributed by atoms with Crippen molar-refractivity contribution in [3.05, 3.63) is 65.4 Å². The van der Waals surface area contributed by atoms with Crippen LogP contribution in [-0.4, -0.2) is 7.05 Å². The molecule has 0 aromatic heterocycles. The smallest absolute Gasteiger partial charge is 0.00278 e. The molecule has 2 aliphatic rings. The monoisotopic (exact) mass is 307 g/mol. The van der Waals surface area contributed by atoms with E-state index in [0.29, 0.717) is 11.3 Å². The van der Waals surface area contributed by atoms with E-state index in [1.165, 1.54) is 35.1 Å². The molecule has 2 fully saturated rings. The van der Waals surface area contributed by atoms with E-state index >= 15 is 0 Å². The molecule has 3 rings (SSSR count). The lowest BCUT2D eigenvalue weighted by Gasteiger charge is -2.35. The van der Waals surface area contributed by atoms with Gasteiger partial charge in [0.15, 0.2) is 0 Å². The maximum atomic E-state index is 4.37. The van der Waals surface area contributed by atoms with Crippen LogP contribution in [0.3, 0.4) is 0 Å². The zero-order chi connectivity index (χ0) is 16.8. The summed E-state index contributed by atoms with van der Waals surface area (Å²) in [7, 11) is 2.00. The van der Waals surface area contributed by atoms with Crippen LogP contribution in [-0.2, 0) is 0 Å². The van der Waals surface area contributed by atoms with Gasteiger partial charge >= 0.3 is 0 Å². The highest BCUT2D eigenvalue weighted by atomic mass is 14.8. The molecule has 0 spiro atoms. The summed E-state index contributed by atoms with van der Waals surface area (Å²) in [5, 5.41) is 3.28. The third-order valence-electron chi connectivity index (χ3n) is 6.62. The van der Waals surface area contributed by atoms with Crippen LogP contribution in [0.2, 0.25) is 0 Å². The van der Waals surface area contributed by atoms with Gasteiger partial charge in [0.25, 0.3) is 0 Å². The fourth-order valence-corrected chi connectivity index (χ4v) is 4.80. The van der Waals surface area contributed by atoms with E-state index in [4.69, 9.17) is 0 Å². The first-order chi connectivity index (χ1) is 10.8. The van der Waals surface area contributed by atoms with Crippen molar-refractivity contribution in [1.82, 2.24) is 5.32 Å². The van der Waals surface area contributed by atoms with E-state index < -0.39 is 0 Å². The summed E-state index contributed by atoms with van der Waals surface area (Å²) in [6, 6.07) is 8.53. The number of hydrogen-bond donors (Lipinski definition) is 1. The van der Waals surface area contributed by atoms with Crippen LogP contribution in [0.1, 0.15) is 44.7 Å². The van der Waals surface area contributed by atoms with Crippen LogP contribution in [0.25, 0.3) is 5.57 Å². The molecule has 122 valence electrons. The first-order valence-corrected chi connectivity index (χ1v) is 8.67. The van der Waals surface area contributed by atoms with Gasteiger partial charge in [-0.15, -0.1) is 0 Å². The first kappa shape index (κ1) is 16.1. The van der Waals surface area contributed by atoms with Gasteiger partial charge in [0, 0.05) is 13.2 Å². The molecule has 0 aliphatic heterocycles. The Morgan fingerprint density at radius 3 is 2.61 bits per heavy atom. The lowest BCUT2D eigenvalue weighted by molar-refractivity contribution is 0.182. The fourth-order valence-electron chi connectivity index (χ4n) is 4.80. The number of nitrogens with one attached hydrogen (secondary N) is 1. The second-order valence-corrected chi connectivity index (χ2v) is 7.93. The lowest BCUT2D eigenvalue weighted by Crippen LogP contribution is -2.28.